The van der Waals surface area contributed by atoms with E-state index in [2.05, 4.69) is 101 Å². The number of nitrogens with zero attached hydrogens (tertiary/aromatic N) is 2. The maximum absolute atomic E-state index is 15.4. The van der Waals surface area contributed by atoms with Gasteiger partial charge in [-0.15, -0.1) is 0 Å². The number of para-hydroxylation sites is 1. The Morgan fingerprint density at radius 1 is 0.600 bits per heavy atom. The predicted octanol–water partition coefficient (Wildman–Crippen LogP) is -6.94. The molecule has 1 aromatic heterocycles. The highest BCUT2D eigenvalue weighted by Crippen LogP contribution is 2.27. The Morgan fingerprint density at radius 3 is 1.86 bits per heavy atom. The minimum Gasteiger partial charge on any atom is -0.508 e. The van der Waals surface area contributed by atoms with Crippen molar-refractivity contribution < 1.29 is 111 Å². The molecule has 0 saturated carbocycles. The summed E-state index contributed by atoms with van der Waals surface area (Å²) in [6, 6.07) is -11.4. The van der Waals surface area contributed by atoms with Crippen molar-refractivity contribution in [3.63, 3.8) is 0 Å². The van der Waals surface area contributed by atoms with Crippen LogP contribution in [-0.2, 0) is 109 Å². The fourth-order valence-corrected chi connectivity index (χ4v) is 18.1. The molecule has 20 amide bonds. The van der Waals surface area contributed by atoms with E-state index in [1.54, 1.807) is 78.3 Å². The van der Waals surface area contributed by atoms with Gasteiger partial charge < -0.3 is 143 Å². The molecule has 48 nitrogen and oxygen atoms in total. The number of H-pyrrole nitrogens is 1. The molecular formula is C89H137N25O23S3. The first-order chi connectivity index (χ1) is 66.3. The number of hydrogen-bond donors (Lipinski definition) is 26. The summed E-state index contributed by atoms with van der Waals surface area (Å²) in [4.78, 5) is 291. The number of nitrogens with two attached hydrogens (primary N) is 3. The second kappa shape index (κ2) is 57.8. The summed E-state index contributed by atoms with van der Waals surface area (Å²) in [7, 11) is 1.47. The van der Waals surface area contributed by atoms with E-state index in [9.17, 15) is 87.2 Å². The van der Waals surface area contributed by atoms with E-state index >= 15 is 24.0 Å². The van der Waals surface area contributed by atoms with Crippen LogP contribution < -0.4 is 113 Å². The molecule has 0 aliphatic carbocycles. The summed E-state index contributed by atoms with van der Waals surface area (Å²) in [6.07, 6.45) is 1.33. The van der Waals surface area contributed by atoms with Gasteiger partial charge in [0, 0.05) is 61.1 Å². The number of rotatable bonds is 39. The van der Waals surface area contributed by atoms with Gasteiger partial charge in [-0.3, -0.25) is 101 Å². The number of guanidine groups is 1. The van der Waals surface area contributed by atoms with Crippen LogP contribution in [0.5, 0.6) is 5.75 Å². The minimum atomic E-state index is -1.92. The molecule has 3 aliphatic heterocycles. The second-order valence-corrected chi connectivity index (χ2v) is 39.0. The fourth-order valence-electron chi connectivity index (χ4n) is 15.3. The molecule has 4 unspecified atom stereocenters. The van der Waals surface area contributed by atoms with E-state index < -0.39 is 289 Å². The van der Waals surface area contributed by atoms with Crippen molar-refractivity contribution in [1.82, 2.24) is 110 Å². The number of carbonyl (C=O) groups excluding carboxylic acids is 20. The average molecular weight is 2020 g/mol. The van der Waals surface area contributed by atoms with Crippen LogP contribution in [0, 0.1) is 29.1 Å². The maximum atomic E-state index is 15.4. The number of aliphatic hydroxyl groups excluding tert-OH is 2. The molecule has 3 aromatic rings. The van der Waals surface area contributed by atoms with Gasteiger partial charge in [-0.05, 0) is 130 Å². The molecule has 140 heavy (non-hydrogen) atoms. The van der Waals surface area contributed by atoms with Gasteiger partial charge in [0.25, 0.3) is 0 Å². The van der Waals surface area contributed by atoms with E-state index in [-0.39, 0.29) is 108 Å². The molecule has 774 valence electrons. The number of aliphatic hydroxyl groups is 2. The summed E-state index contributed by atoms with van der Waals surface area (Å²) in [6.45, 7) is 11.1. The first kappa shape index (κ1) is 116. The van der Waals surface area contributed by atoms with E-state index in [0.717, 1.165) is 26.5 Å². The summed E-state index contributed by atoms with van der Waals surface area (Å²) >= 11 is 1.28. The monoisotopic (exact) mass is 2020 g/mol. The van der Waals surface area contributed by atoms with Crippen molar-refractivity contribution in [2.75, 3.05) is 82.5 Å². The number of phenolic OH excluding ortho intramolecular Hbond substituents is 1. The Kier molecular flexibility index (Phi) is 47.9. The van der Waals surface area contributed by atoms with Gasteiger partial charge in [-0.1, -0.05) is 114 Å². The topological polar surface area (TPSA) is 743 Å². The molecule has 4 heterocycles. The molecule has 0 spiro atoms. The quantitative estimate of drug-likeness (QED) is 0.0109. The van der Waals surface area contributed by atoms with Crippen molar-refractivity contribution in [2.45, 2.75) is 237 Å². The van der Waals surface area contributed by atoms with E-state index in [1.165, 1.54) is 68.6 Å². The summed E-state index contributed by atoms with van der Waals surface area (Å²) in [5.74, 6) is -23.0. The van der Waals surface area contributed by atoms with Crippen LogP contribution in [0.4, 0.5) is 0 Å². The minimum absolute atomic E-state index is 0.000542. The van der Waals surface area contributed by atoms with Gasteiger partial charge in [-0.2, -0.15) is 11.8 Å². The lowest BCUT2D eigenvalue weighted by atomic mass is 9.96. The zero-order valence-corrected chi connectivity index (χ0v) is 82.8. The van der Waals surface area contributed by atoms with Crippen molar-refractivity contribution in [1.29, 1.82) is 5.41 Å². The van der Waals surface area contributed by atoms with Gasteiger partial charge in [0.15, 0.2) is 5.96 Å². The van der Waals surface area contributed by atoms with Crippen LogP contribution in [0.2, 0.25) is 0 Å². The number of nitrogens with one attached hydrogen (secondary N) is 20. The fraction of sp³-hybridized carbons (Fsp3) is 0.607. The van der Waals surface area contributed by atoms with E-state index in [4.69, 9.17) is 22.6 Å². The number of phenols is 1. The lowest BCUT2D eigenvalue weighted by molar-refractivity contribution is -0.143. The van der Waals surface area contributed by atoms with Gasteiger partial charge in [0.05, 0.1) is 45.4 Å². The number of thioether (sulfide) groups is 1. The molecule has 3 aliphatic rings. The molecule has 3 saturated heterocycles. The zero-order valence-electron chi connectivity index (χ0n) is 80.4. The third kappa shape index (κ3) is 36.9. The molecule has 29 N–H and O–H groups in total. The van der Waals surface area contributed by atoms with Crippen LogP contribution in [0.15, 0.2) is 54.7 Å². The number of carbonyl (C=O) groups is 20. The molecule has 6 rings (SSSR count). The molecule has 2 aromatic carbocycles. The standard InChI is InChI=1S/C89H137N25O23S3/c1-12-47(8)72-86(135)112-73(49(10)116)87(136)105-59(34-51-36-95-54-19-14-13-18-53(51)54)79(128)110-71(46(6)7)85(134)108-62(81(130)106-60(41-115)88(137)114-30-17-22-64(114)82(131)103-57(32-44(2)3)76(125)98-38-67(120)96-37-65(91)118)43-140-139-42-61(107-74(123)48(9)100-78(127)58(33-50-23-25-52(117)26-24-50)104-84(133)70(45(4)5)109-68(121)39-97-66(119)35-90)80(129)101-55(20-15-28-94-89(92)93)77(126)102-56(27-31-138-11)75(124)99-40-69(122)113-29-16-21-63(113)83(132)111-72/h13-14,18-19,23-26,36,44-49,55-64,70-73,95,115-117H,12,15-17,20-22,27-35,37-43,90H2,1-11H3,(H2,91,118)(H,96,120)(H,97,119)(H,98,125)(H,99,124)(H,100,127)(H,101,129)(H,102,126)(H,103,131)(H,104,133)(H,105,136)(H,106,130)(H,107,123)(H,108,134)(H,109,121)(H,110,128)(H,111,132)(H,112,135)(H4,92,93,94)/t47-,48-,49?,55-,56?,57-,58-,59?,60-,61-,62?,63-,64-,70-,71-,72-,73-/m0/s1. The second-order valence-electron chi connectivity index (χ2n) is 35.5. The number of likely N-dealkylation sites (tertiary alicyclic amines) is 1. The first-order valence-corrected chi connectivity index (χ1v) is 50.2. The normalized spacial score (nSPS) is 21.9. The highest BCUT2D eigenvalue weighted by atomic mass is 33.1. The van der Waals surface area contributed by atoms with Crippen molar-refractivity contribution in [2.24, 2.45) is 40.9 Å². The van der Waals surface area contributed by atoms with Crippen molar-refractivity contribution in [3.05, 3.63) is 65.9 Å². The first-order valence-electron chi connectivity index (χ1n) is 46.3. The maximum Gasteiger partial charge on any atom is 0.248 e. The smallest absolute Gasteiger partial charge is 0.248 e. The molecule has 51 heteroatoms. The highest BCUT2D eigenvalue weighted by Gasteiger charge is 2.44. The Bertz CT molecular complexity index is 4860. The Labute approximate surface area is 822 Å². The predicted molar refractivity (Wildman–Crippen MR) is 519 cm³/mol. The van der Waals surface area contributed by atoms with Crippen LogP contribution in [-0.4, -0.2) is 333 Å². The number of aromatic hydroxyl groups is 1. The number of amides is 20. The molecule has 17 atom stereocenters. The largest absolute Gasteiger partial charge is 0.508 e. The van der Waals surface area contributed by atoms with Gasteiger partial charge in [0.2, 0.25) is 118 Å². The molecule has 0 radical (unpaired) electrons. The Morgan fingerprint density at radius 2 is 1.21 bits per heavy atom. The highest BCUT2D eigenvalue weighted by molar-refractivity contribution is 8.76. The van der Waals surface area contributed by atoms with Gasteiger partial charge in [0.1, 0.15) is 96.4 Å². The van der Waals surface area contributed by atoms with E-state index in [1.807, 2.05) is 0 Å². The third-order valence-electron chi connectivity index (χ3n) is 23.3. The Balaban J connectivity index is 1.48. The van der Waals surface area contributed by atoms with Crippen LogP contribution in [0.25, 0.3) is 10.9 Å². The molecule has 0 bridgehead atoms. The van der Waals surface area contributed by atoms with Gasteiger partial charge in [-0.25, -0.2) is 0 Å². The van der Waals surface area contributed by atoms with Crippen LogP contribution in [0.1, 0.15) is 138 Å². The lowest BCUT2D eigenvalue weighted by Gasteiger charge is -2.31. The summed E-state index contributed by atoms with van der Waals surface area (Å²) in [5.41, 5.74) is 17.6. The number of benzene rings is 2. The molecule has 3 fully saturated rings. The zero-order chi connectivity index (χ0) is 104. The number of primary amides is 1. The third-order valence-corrected chi connectivity index (χ3v) is 26.4. The molecular weight excluding hydrogens is 1880 g/mol. The summed E-state index contributed by atoms with van der Waals surface area (Å²) < 4.78 is 0. The van der Waals surface area contributed by atoms with Crippen LogP contribution >= 0.6 is 33.3 Å². The number of aromatic amines is 1. The number of aromatic nitrogens is 1. The van der Waals surface area contributed by atoms with Crippen LogP contribution in [0.3, 0.4) is 0 Å². The summed E-state index contributed by atoms with van der Waals surface area (Å²) in [5, 5.41) is 87.3. The lowest BCUT2D eigenvalue weighted by Crippen LogP contribution is -2.63. The van der Waals surface area contributed by atoms with Crippen molar-refractivity contribution >= 4 is 168 Å². The number of fused-ring (bicyclic) bond motifs is 2. The van der Waals surface area contributed by atoms with Gasteiger partial charge >= 0.3 is 0 Å². The van der Waals surface area contributed by atoms with E-state index in [0.29, 0.717) is 22.0 Å². The van der Waals surface area contributed by atoms with Crippen molar-refractivity contribution in [3.8, 4) is 5.75 Å². The Hall–Kier alpha value is -12.6. The average Bonchev–Trinajstić information content (AvgIpc) is 1.65. The SMILES string of the molecule is CC[C@H](C)[C@@H]1NC(=O)[C@@H]2CCCN2C(=O)CNC(=O)C(CCSC)NC(=O)[C@H](CCCNC(=N)N)NC(=O)[C@@H](NC(=O)[C@H](C)NC(=O)[C@H](Cc2ccc(O)cc2)NC(=O)[C@@H](NC(=O)CNC(=O)CN)C(C)C)CSSCC(C(=O)N[C@@H](CO)C(=O)N2CCC[C@H]2C(=O)N[C@@H](CC(C)C)C(=O)NCC(=O)NCC(N)=O)NC(=O)[C@H](C(C)C)NC(=O)C(Cc2c[nH]c3ccccc23)NC(=O)[C@H](C(C)O)NC1=O. The number of hydrogen-bond acceptors (Lipinski definition) is 28.